The molecule has 0 saturated heterocycles. The lowest BCUT2D eigenvalue weighted by Gasteiger charge is -2.07. The summed E-state index contributed by atoms with van der Waals surface area (Å²) in [5.41, 5.74) is 1.22. The number of nitriles is 1. The molecule has 0 fully saturated rings. The number of rotatable bonds is 5. The summed E-state index contributed by atoms with van der Waals surface area (Å²) >= 11 is 0. The topological polar surface area (TPSA) is 64.9 Å². The van der Waals surface area contributed by atoms with Crippen LogP contribution in [-0.4, -0.2) is 19.0 Å². The largest absolute Gasteiger partial charge is 0.376 e. The highest BCUT2D eigenvalue weighted by Crippen LogP contribution is 2.12. The van der Waals surface area contributed by atoms with E-state index in [2.05, 4.69) is 10.6 Å². The Kier molecular flexibility index (Phi) is 4.95. The van der Waals surface area contributed by atoms with Crippen molar-refractivity contribution in [1.29, 1.82) is 5.26 Å². The van der Waals surface area contributed by atoms with Crippen LogP contribution in [-0.2, 0) is 4.79 Å². The fourth-order valence-electron chi connectivity index (χ4n) is 1.26. The van der Waals surface area contributed by atoms with Gasteiger partial charge in [-0.05, 0) is 30.7 Å². The Labute approximate surface area is 99.4 Å². The molecule has 0 aliphatic heterocycles. The van der Waals surface area contributed by atoms with Gasteiger partial charge in [0.05, 0.1) is 19.0 Å². The van der Waals surface area contributed by atoms with E-state index in [1.807, 2.05) is 6.07 Å². The van der Waals surface area contributed by atoms with E-state index in [1.165, 1.54) is 6.07 Å². The highest BCUT2D eigenvalue weighted by Gasteiger charge is 2.02. The second-order valence-corrected chi connectivity index (χ2v) is 3.58. The molecule has 1 aromatic rings. The summed E-state index contributed by atoms with van der Waals surface area (Å²) in [7, 11) is 0. The Balaban J connectivity index is 2.37. The van der Waals surface area contributed by atoms with Gasteiger partial charge in [-0.25, -0.2) is 4.39 Å². The molecular formula is C12H14FN3O. The standard InChI is InChI=1S/C12H14FN3O/c1-9-7-10(3-4-11(9)13)16-8-12(17)15-6-2-5-14/h3-4,7,16H,2,6,8H2,1H3,(H,15,17). The molecule has 2 N–H and O–H groups in total. The van der Waals surface area contributed by atoms with Gasteiger partial charge in [-0.1, -0.05) is 0 Å². The predicted molar refractivity (Wildman–Crippen MR) is 62.9 cm³/mol. The highest BCUT2D eigenvalue weighted by molar-refractivity contribution is 5.80. The van der Waals surface area contributed by atoms with Crippen LogP contribution < -0.4 is 10.6 Å². The third kappa shape index (κ3) is 4.51. The second kappa shape index (κ2) is 6.48. The molecular weight excluding hydrogens is 221 g/mol. The second-order valence-electron chi connectivity index (χ2n) is 3.58. The number of benzene rings is 1. The van der Waals surface area contributed by atoms with E-state index in [0.29, 0.717) is 24.2 Å². The smallest absolute Gasteiger partial charge is 0.239 e. The number of carbonyl (C=O) groups excluding carboxylic acids is 1. The van der Waals surface area contributed by atoms with Crippen molar-refractivity contribution in [2.75, 3.05) is 18.4 Å². The van der Waals surface area contributed by atoms with Crippen molar-refractivity contribution >= 4 is 11.6 Å². The monoisotopic (exact) mass is 235 g/mol. The Morgan fingerprint density at radius 1 is 1.53 bits per heavy atom. The zero-order valence-electron chi connectivity index (χ0n) is 9.59. The Hall–Kier alpha value is -2.09. The molecule has 0 saturated carbocycles. The molecule has 0 spiro atoms. The van der Waals surface area contributed by atoms with E-state index in [4.69, 9.17) is 5.26 Å². The normalized spacial score (nSPS) is 9.47. The van der Waals surface area contributed by atoms with E-state index in [9.17, 15) is 9.18 Å². The summed E-state index contributed by atoms with van der Waals surface area (Å²) < 4.78 is 13.0. The van der Waals surface area contributed by atoms with E-state index in [0.717, 1.165) is 0 Å². The molecule has 0 atom stereocenters. The summed E-state index contributed by atoms with van der Waals surface area (Å²) in [6.07, 6.45) is 0.293. The molecule has 4 nitrogen and oxygen atoms in total. The number of amides is 1. The van der Waals surface area contributed by atoms with E-state index >= 15 is 0 Å². The van der Waals surface area contributed by atoms with Gasteiger partial charge in [-0.15, -0.1) is 0 Å². The van der Waals surface area contributed by atoms with Gasteiger partial charge < -0.3 is 10.6 Å². The lowest BCUT2D eigenvalue weighted by Crippen LogP contribution is -2.30. The minimum atomic E-state index is -0.269. The van der Waals surface area contributed by atoms with Crippen molar-refractivity contribution in [3.8, 4) is 6.07 Å². The third-order valence-corrected chi connectivity index (χ3v) is 2.17. The zero-order valence-corrected chi connectivity index (χ0v) is 9.59. The average molecular weight is 235 g/mol. The van der Waals surface area contributed by atoms with Crippen LogP contribution in [0.4, 0.5) is 10.1 Å². The van der Waals surface area contributed by atoms with Gasteiger partial charge in [0.15, 0.2) is 0 Å². The fourth-order valence-corrected chi connectivity index (χ4v) is 1.26. The molecule has 1 rings (SSSR count). The van der Waals surface area contributed by atoms with Gasteiger partial charge in [0.1, 0.15) is 5.82 Å². The van der Waals surface area contributed by atoms with Crippen LogP contribution in [0.1, 0.15) is 12.0 Å². The quantitative estimate of drug-likeness (QED) is 0.761. The van der Waals surface area contributed by atoms with Crippen molar-refractivity contribution in [1.82, 2.24) is 5.32 Å². The molecule has 0 heterocycles. The first kappa shape index (κ1) is 13.0. The van der Waals surface area contributed by atoms with Crippen molar-refractivity contribution in [3.63, 3.8) is 0 Å². The molecule has 17 heavy (non-hydrogen) atoms. The minimum absolute atomic E-state index is 0.108. The highest BCUT2D eigenvalue weighted by atomic mass is 19.1. The molecule has 1 amide bonds. The number of hydrogen-bond donors (Lipinski definition) is 2. The van der Waals surface area contributed by atoms with Crippen LogP contribution in [0.5, 0.6) is 0 Å². The van der Waals surface area contributed by atoms with Gasteiger partial charge in [0.25, 0.3) is 0 Å². The fraction of sp³-hybridized carbons (Fsp3) is 0.333. The third-order valence-electron chi connectivity index (χ3n) is 2.17. The van der Waals surface area contributed by atoms with Crippen LogP contribution in [0.15, 0.2) is 18.2 Å². The van der Waals surface area contributed by atoms with Crippen LogP contribution in [0.2, 0.25) is 0 Å². The molecule has 1 aromatic carbocycles. The first-order valence-electron chi connectivity index (χ1n) is 5.27. The number of aryl methyl sites for hydroxylation is 1. The van der Waals surface area contributed by atoms with Crippen molar-refractivity contribution in [2.45, 2.75) is 13.3 Å². The van der Waals surface area contributed by atoms with E-state index in [1.54, 1.807) is 19.1 Å². The number of nitrogens with zero attached hydrogens (tertiary/aromatic N) is 1. The number of hydrogen-bond acceptors (Lipinski definition) is 3. The molecule has 0 radical (unpaired) electrons. The maximum Gasteiger partial charge on any atom is 0.239 e. The molecule has 0 aromatic heterocycles. The SMILES string of the molecule is Cc1cc(NCC(=O)NCCC#N)ccc1F. The first-order valence-corrected chi connectivity index (χ1v) is 5.27. The lowest BCUT2D eigenvalue weighted by atomic mass is 10.2. The summed E-state index contributed by atoms with van der Waals surface area (Å²) in [5, 5.41) is 13.8. The Bertz CT molecular complexity index is 440. The van der Waals surface area contributed by atoms with Crippen molar-refractivity contribution in [2.24, 2.45) is 0 Å². The van der Waals surface area contributed by atoms with Gasteiger partial charge >= 0.3 is 0 Å². The van der Waals surface area contributed by atoms with Gasteiger partial charge in [-0.2, -0.15) is 5.26 Å². The molecule has 90 valence electrons. The molecule has 0 unspecified atom stereocenters. The molecule has 0 bridgehead atoms. The Morgan fingerprint density at radius 2 is 2.29 bits per heavy atom. The maximum absolute atomic E-state index is 13.0. The zero-order chi connectivity index (χ0) is 12.7. The van der Waals surface area contributed by atoms with Crippen molar-refractivity contribution in [3.05, 3.63) is 29.6 Å². The van der Waals surface area contributed by atoms with Crippen molar-refractivity contribution < 1.29 is 9.18 Å². The number of carbonyl (C=O) groups is 1. The van der Waals surface area contributed by atoms with Gasteiger partial charge in [-0.3, -0.25) is 4.79 Å². The summed E-state index contributed by atoms with van der Waals surface area (Å²) in [4.78, 5) is 11.3. The summed E-state index contributed by atoms with van der Waals surface area (Å²) in [6.45, 7) is 2.11. The van der Waals surface area contributed by atoms with Gasteiger partial charge in [0, 0.05) is 12.2 Å². The molecule has 0 aliphatic rings. The van der Waals surface area contributed by atoms with Crippen LogP contribution in [0, 0.1) is 24.1 Å². The van der Waals surface area contributed by atoms with E-state index in [-0.39, 0.29) is 18.3 Å². The number of halogens is 1. The average Bonchev–Trinajstić information content (AvgIpc) is 2.31. The predicted octanol–water partition coefficient (Wildman–Crippen LogP) is 1.58. The van der Waals surface area contributed by atoms with Crippen LogP contribution in [0.25, 0.3) is 0 Å². The first-order chi connectivity index (χ1) is 8.13. The van der Waals surface area contributed by atoms with Gasteiger partial charge in [0.2, 0.25) is 5.91 Å². The van der Waals surface area contributed by atoms with Crippen LogP contribution in [0.3, 0.4) is 0 Å². The Morgan fingerprint density at radius 3 is 2.94 bits per heavy atom. The summed E-state index contributed by atoms with van der Waals surface area (Å²) in [6, 6.07) is 6.50. The minimum Gasteiger partial charge on any atom is -0.376 e. The maximum atomic E-state index is 13.0. The molecule has 0 aliphatic carbocycles. The summed E-state index contributed by atoms with van der Waals surface area (Å²) in [5.74, 6) is -0.462. The lowest BCUT2D eigenvalue weighted by molar-refractivity contribution is -0.119. The number of nitrogens with one attached hydrogen (secondary N) is 2. The van der Waals surface area contributed by atoms with Crippen LogP contribution >= 0.6 is 0 Å². The van der Waals surface area contributed by atoms with E-state index < -0.39 is 0 Å². The molecule has 5 heteroatoms. The number of anilines is 1.